The van der Waals surface area contributed by atoms with Crippen molar-refractivity contribution in [3.05, 3.63) is 191 Å². The van der Waals surface area contributed by atoms with E-state index < -0.39 is 70.9 Å². The molecule has 4 N–H and O–H groups in total. The molecule has 0 amide bonds. The van der Waals surface area contributed by atoms with Crippen molar-refractivity contribution in [1.29, 1.82) is 0 Å². The Morgan fingerprint density at radius 1 is 0.311 bits per heavy atom. The van der Waals surface area contributed by atoms with Gasteiger partial charge in [0.05, 0.1) is 0 Å². The predicted molar refractivity (Wildman–Crippen MR) is 190 cm³/mol. The van der Waals surface area contributed by atoms with E-state index in [-0.39, 0.29) is 72.8 Å². The SMILES string of the molecule is O=C(/C=C(\O)C(F)(F)F)c1ccccc1.O=C(/C=C(\O)C(F)(F)F)c1ccccc1.O=C(/C=C(\O)C(F)(F)F)c1ccccc1.O=C(/C=C(\O)C(F)(F)F)c1ccccc1.[Zr]. The molecular weight excluding hydrogens is 928 g/mol. The first-order valence-corrected chi connectivity index (χ1v) is 15.9. The van der Waals surface area contributed by atoms with E-state index in [4.69, 9.17) is 20.4 Å². The Morgan fingerprint density at radius 3 is 0.557 bits per heavy atom. The summed E-state index contributed by atoms with van der Waals surface area (Å²) in [7, 11) is 0. The van der Waals surface area contributed by atoms with Crippen molar-refractivity contribution in [2.24, 2.45) is 0 Å². The van der Waals surface area contributed by atoms with E-state index >= 15 is 0 Å². The predicted octanol–water partition coefficient (Wildman–Crippen LogP) is 11.5. The number of aliphatic hydroxyl groups excluding tert-OH is 4. The van der Waals surface area contributed by atoms with Gasteiger partial charge in [-0.2, -0.15) is 52.7 Å². The van der Waals surface area contributed by atoms with Crippen molar-refractivity contribution in [3.8, 4) is 0 Å². The number of benzene rings is 4. The number of hydrogen-bond donors (Lipinski definition) is 4. The molecule has 0 unspecified atom stereocenters. The molecule has 4 aromatic carbocycles. The Balaban J connectivity index is 0.000000783. The van der Waals surface area contributed by atoms with Gasteiger partial charge < -0.3 is 20.4 Å². The smallest absolute Gasteiger partial charge is 0.448 e. The van der Waals surface area contributed by atoms with Crippen LogP contribution in [0.15, 0.2) is 169 Å². The molecule has 0 aliphatic heterocycles. The van der Waals surface area contributed by atoms with Gasteiger partial charge in [0, 0.05) is 72.8 Å². The van der Waals surface area contributed by atoms with E-state index in [1.54, 1.807) is 24.3 Å². The first-order chi connectivity index (χ1) is 27.6. The van der Waals surface area contributed by atoms with Crippen LogP contribution in [-0.2, 0) is 26.2 Å². The quantitative estimate of drug-likeness (QED) is 0.0590. The number of carbonyl (C=O) groups is 4. The molecule has 0 atom stereocenters. The van der Waals surface area contributed by atoms with Crippen LogP contribution in [0.2, 0.25) is 0 Å². The molecule has 324 valence electrons. The molecule has 0 bridgehead atoms. The van der Waals surface area contributed by atoms with Gasteiger partial charge in [-0.3, -0.25) is 19.2 Å². The summed E-state index contributed by atoms with van der Waals surface area (Å²) in [6.45, 7) is 0. The van der Waals surface area contributed by atoms with Crippen molar-refractivity contribution in [2.75, 3.05) is 0 Å². The molecule has 0 saturated carbocycles. The molecule has 0 saturated heterocycles. The first-order valence-electron chi connectivity index (χ1n) is 15.9. The summed E-state index contributed by atoms with van der Waals surface area (Å²) in [6.07, 6.45) is -18.9. The Labute approximate surface area is 356 Å². The zero-order chi connectivity index (χ0) is 45.9. The van der Waals surface area contributed by atoms with Crippen LogP contribution in [0.4, 0.5) is 52.7 Å². The maximum atomic E-state index is 11.9. The number of halogens is 12. The monoisotopic (exact) mass is 954 g/mol. The molecule has 4 rings (SSSR count). The summed E-state index contributed by atoms with van der Waals surface area (Å²) >= 11 is 0. The molecule has 0 aromatic heterocycles. The summed E-state index contributed by atoms with van der Waals surface area (Å²) in [5, 5.41) is 34.1. The van der Waals surface area contributed by atoms with Crippen molar-refractivity contribution in [1.82, 2.24) is 0 Å². The topological polar surface area (TPSA) is 149 Å². The number of allylic oxidation sites excluding steroid dienone is 8. The van der Waals surface area contributed by atoms with Crippen molar-refractivity contribution in [2.45, 2.75) is 24.7 Å². The standard InChI is InChI=1S/4C10H7F3O2.Zr/c4*11-10(12,13)9(15)6-8(14)7-4-2-1-3-5-7;/h4*1-6,15H;/b4*9-6-;. The van der Waals surface area contributed by atoms with E-state index in [9.17, 15) is 71.9 Å². The average molecular weight is 956 g/mol. The van der Waals surface area contributed by atoms with Gasteiger partial charge in [0.15, 0.2) is 23.1 Å². The molecule has 0 aliphatic carbocycles. The Hall–Kier alpha value is -6.24. The molecule has 4 aromatic rings. The van der Waals surface area contributed by atoms with Gasteiger partial charge in [-0.05, 0) is 0 Å². The molecule has 0 fully saturated rings. The third-order valence-corrected chi connectivity index (χ3v) is 6.47. The second-order valence-electron chi connectivity index (χ2n) is 11.0. The van der Waals surface area contributed by atoms with Crippen LogP contribution in [0, 0.1) is 0 Å². The van der Waals surface area contributed by atoms with E-state index in [2.05, 4.69) is 0 Å². The molecule has 0 aliphatic rings. The average Bonchev–Trinajstić information content (AvgIpc) is 3.18. The number of hydrogen-bond acceptors (Lipinski definition) is 8. The molecule has 0 radical (unpaired) electrons. The molecule has 61 heavy (non-hydrogen) atoms. The van der Waals surface area contributed by atoms with Gasteiger partial charge in [0.1, 0.15) is 0 Å². The molecule has 8 nitrogen and oxygen atoms in total. The minimum Gasteiger partial charge on any atom is -0.504 e. The van der Waals surface area contributed by atoms with Crippen LogP contribution in [-0.4, -0.2) is 68.3 Å². The molecular formula is C40H28F12O8Zr. The van der Waals surface area contributed by atoms with Gasteiger partial charge in [-0.15, -0.1) is 0 Å². The molecule has 0 heterocycles. The van der Waals surface area contributed by atoms with Crippen molar-refractivity contribution >= 4 is 23.1 Å². The maximum Gasteiger partial charge on any atom is 0.448 e. The number of aliphatic hydroxyl groups is 4. The van der Waals surface area contributed by atoms with E-state index in [0.717, 1.165) is 0 Å². The van der Waals surface area contributed by atoms with Gasteiger partial charge >= 0.3 is 24.7 Å². The van der Waals surface area contributed by atoms with Crippen LogP contribution < -0.4 is 0 Å². The third-order valence-electron chi connectivity index (χ3n) is 6.47. The third kappa shape index (κ3) is 21.5. The van der Waals surface area contributed by atoms with Gasteiger partial charge in [-0.25, -0.2) is 0 Å². The summed E-state index contributed by atoms with van der Waals surface area (Å²) in [6, 6.07) is 29.6. The van der Waals surface area contributed by atoms with E-state index in [1.807, 2.05) is 0 Å². The van der Waals surface area contributed by atoms with Crippen LogP contribution in [0.1, 0.15) is 41.4 Å². The Bertz CT molecular complexity index is 1830. The van der Waals surface area contributed by atoms with Crippen LogP contribution in [0.25, 0.3) is 0 Å². The summed E-state index contributed by atoms with van der Waals surface area (Å²) < 4.78 is 142. The summed E-state index contributed by atoms with van der Waals surface area (Å²) in [5.74, 6) is -11.1. The maximum absolute atomic E-state index is 11.9. The van der Waals surface area contributed by atoms with Crippen molar-refractivity contribution < 1.29 is 118 Å². The Kier molecular flexibility index (Phi) is 22.2. The Morgan fingerprint density at radius 2 is 0.443 bits per heavy atom. The zero-order valence-electron chi connectivity index (χ0n) is 30.3. The fourth-order valence-electron chi connectivity index (χ4n) is 3.57. The van der Waals surface area contributed by atoms with Crippen LogP contribution in [0.5, 0.6) is 0 Å². The van der Waals surface area contributed by atoms with Gasteiger partial charge in [0.2, 0.25) is 23.0 Å². The number of rotatable bonds is 8. The number of ketones is 4. The van der Waals surface area contributed by atoms with E-state index in [1.165, 1.54) is 97.1 Å². The fourth-order valence-corrected chi connectivity index (χ4v) is 3.57. The minimum atomic E-state index is -4.88. The largest absolute Gasteiger partial charge is 0.504 e. The summed E-state index contributed by atoms with van der Waals surface area (Å²) in [4.78, 5) is 44.7. The second-order valence-corrected chi connectivity index (χ2v) is 11.0. The van der Waals surface area contributed by atoms with Crippen LogP contribution in [0.3, 0.4) is 0 Å². The molecule has 21 heteroatoms. The van der Waals surface area contributed by atoms with Gasteiger partial charge in [-0.1, -0.05) is 121 Å². The summed E-state index contributed by atoms with van der Waals surface area (Å²) in [5.41, 5.74) is 0.364. The zero-order valence-corrected chi connectivity index (χ0v) is 32.8. The van der Waals surface area contributed by atoms with Gasteiger partial charge in [0.25, 0.3) is 0 Å². The fraction of sp³-hybridized carbons (Fsp3) is 0.100. The van der Waals surface area contributed by atoms with Crippen molar-refractivity contribution in [3.63, 3.8) is 0 Å². The van der Waals surface area contributed by atoms with Crippen LogP contribution >= 0.6 is 0 Å². The first kappa shape index (κ1) is 54.8. The van der Waals surface area contributed by atoms with E-state index in [0.29, 0.717) is 0 Å². The molecule has 0 spiro atoms. The number of carbonyl (C=O) groups excluding carboxylic acids is 4. The second kappa shape index (κ2) is 24.8. The number of alkyl halides is 12. The normalized spacial score (nSPS) is 12.4. The minimum absolute atomic E-state index is 0.